The van der Waals surface area contributed by atoms with E-state index in [0.29, 0.717) is 22.7 Å². The molecule has 0 radical (unpaired) electrons. The number of imide groups is 1. The molecule has 0 unspecified atom stereocenters. The molecule has 1 aromatic heterocycles. The number of carbonyl (C=O) groups is 2. The number of thioether (sulfide) groups is 1. The topological polar surface area (TPSA) is 125 Å². The summed E-state index contributed by atoms with van der Waals surface area (Å²) in [6.45, 7) is 2.16. The van der Waals surface area contributed by atoms with E-state index in [0.717, 1.165) is 11.3 Å². The third-order valence-corrected chi connectivity index (χ3v) is 6.79. The van der Waals surface area contributed by atoms with Crippen molar-refractivity contribution in [1.29, 1.82) is 0 Å². The maximum atomic E-state index is 12.6. The van der Waals surface area contributed by atoms with E-state index < -0.39 is 10.0 Å². The molecule has 9 nitrogen and oxygen atoms in total. The van der Waals surface area contributed by atoms with Gasteiger partial charge in [0.25, 0.3) is 21.8 Å². The Bertz CT molecular complexity index is 1200. The average Bonchev–Trinajstić information content (AvgIpc) is 3.29. The normalized spacial score (nSPS) is 13.5. The quantitative estimate of drug-likeness (QED) is 0.393. The maximum absolute atomic E-state index is 12.6. The summed E-state index contributed by atoms with van der Waals surface area (Å²) in [5.74, 6) is 0.200. The fourth-order valence-electron chi connectivity index (χ4n) is 3.19. The number of sulfonamides is 1. The van der Waals surface area contributed by atoms with Crippen LogP contribution in [0.15, 0.2) is 58.6 Å². The summed E-state index contributed by atoms with van der Waals surface area (Å²) < 4.78 is 27.5. The number of aromatic nitrogens is 3. The molecular formula is C20H19N5O4S2. The van der Waals surface area contributed by atoms with Crippen LogP contribution in [0.25, 0.3) is 0 Å². The van der Waals surface area contributed by atoms with Gasteiger partial charge in [0.15, 0.2) is 0 Å². The SMILES string of the molecule is CCSc1n[nH]c(NS(=O)(=O)c2ccc(CCN3C(=O)c4ccccc4C3=O)cc2)n1. The number of amides is 2. The minimum Gasteiger partial charge on any atom is -0.274 e. The zero-order valence-corrected chi connectivity index (χ0v) is 18.2. The summed E-state index contributed by atoms with van der Waals surface area (Å²) in [6, 6.07) is 13.0. The smallest absolute Gasteiger partial charge is 0.264 e. The fourth-order valence-corrected chi connectivity index (χ4v) is 4.67. The highest BCUT2D eigenvalue weighted by Gasteiger charge is 2.34. The third kappa shape index (κ3) is 4.32. The van der Waals surface area contributed by atoms with Crippen LogP contribution in [0.2, 0.25) is 0 Å². The predicted molar refractivity (Wildman–Crippen MR) is 116 cm³/mol. The van der Waals surface area contributed by atoms with Crippen molar-refractivity contribution in [3.8, 4) is 0 Å². The van der Waals surface area contributed by atoms with Gasteiger partial charge in [-0.05, 0) is 42.0 Å². The van der Waals surface area contributed by atoms with Crippen molar-refractivity contribution < 1.29 is 18.0 Å². The Kier molecular flexibility index (Phi) is 5.79. The van der Waals surface area contributed by atoms with Gasteiger partial charge in [0.2, 0.25) is 11.1 Å². The van der Waals surface area contributed by atoms with Crippen molar-refractivity contribution in [3.05, 3.63) is 65.2 Å². The number of fused-ring (bicyclic) bond motifs is 1. The van der Waals surface area contributed by atoms with Gasteiger partial charge in [-0.1, -0.05) is 43.0 Å². The number of nitrogens with zero attached hydrogens (tertiary/aromatic N) is 3. The van der Waals surface area contributed by atoms with E-state index >= 15 is 0 Å². The van der Waals surface area contributed by atoms with Crippen LogP contribution in [0.1, 0.15) is 33.2 Å². The minimum atomic E-state index is -3.83. The van der Waals surface area contributed by atoms with Crippen LogP contribution in [0.5, 0.6) is 0 Å². The van der Waals surface area contributed by atoms with Gasteiger partial charge in [0.1, 0.15) is 0 Å². The zero-order valence-electron chi connectivity index (χ0n) is 16.5. The first kappa shape index (κ1) is 21.1. The second-order valence-electron chi connectivity index (χ2n) is 6.71. The van der Waals surface area contributed by atoms with Gasteiger partial charge in [-0.2, -0.15) is 4.98 Å². The van der Waals surface area contributed by atoms with Gasteiger partial charge in [-0.25, -0.2) is 18.2 Å². The first-order valence-corrected chi connectivity index (χ1v) is 12.0. The molecule has 11 heteroatoms. The lowest BCUT2D eigenvalue weighted by atomic mass is 10.1. The van der Waals surface area contributed by atoms with Crippen LogP contribution in [0, 0.1) is 0 Å². The number of anilines is 1. The lowest BCUT2D eigenvalue weighted by molar-refractivity contribution is 0.0656. The molecule has 1 aliphatic rings. The van der Waals surface area contributed by atoms with Crippen LogP contribution in [-0.4, -0.2) is 52.6 Å². The molecule has 2 heterocycles. The Morgan fingerprint density at radius 1 is 1.03 bits per heavy atom. The van der Waals surface area contributed by atoms with E-state index in [4.69, 9.17) is 0 Å². The zero-order chi connectivity index (χ0) is 22.0. The minimum absolute atomic E-state index is 0.0469. The molecule has 0 aliphatic carbocycles. The molecule has 1 aliphatic heterocycles. The van der Waals surface area contributed by atoms with Crippen LogP contribution in [0.4, 0.5) is 5.95 Å². The number of hydrogen-bond donors (Lipinski definition) is 2. The highest BCUT2D eigenvalue weighted by Crippen LogP contribution is 2.23. The molecule has 3 aromatic rings. The summed E-state index contributed by atoms with van der Waals surface area (Å²) in [4.78, 5) is 30.2. The molecule has 31 heavy (non-hydrogen) atoms. The monoisotopic (exact) mass is 457 g/mol. The highest BCUT2D eigenvalue weighted by molar-refractivity contribution is 7.99. The molecular weight excluding hydrogens is 438 g/mol. The Balaban J connectivity index is 1.40. The second-order valence-corrected chi connectivity index (χ2v) is 9.62. The summed E-state index contributed by atoms with van der Waals surface area (Å²) in [5.41, 5.74) is 1.62. The van der Waals surface area contributed by atoms with E-state index in [1.165, 1.54) is 28.8 Å². The van der Waals surface area contributed by atoms with Gasteiger partial charge in [0.05, 0.1) is 16.0 Å². The first-order chi connectivity index (χ1) is 14.9. The third-order valence-electron chi connectivity index (χ3n) is 4.71. The molecule has 0 bridgehead atoms. The number of benzene rings is 2. The van der Waals surface area contributed by atoms with Crippen molar-refractivity contribution in [1.82, 2.24) is 20.1 Å². The van der Waals surface area contributed by atoms with Crippen molar-refractivity contribution in [2.24, 2.45) is 0 Å². The van der Waals surface area contributed by atoms with Gasteiger partial charge >= 0.3 is 0 Å². The summed E-state index contributed by atoms with van der Waals surface area (Å²) in [6.07, 6.45) is 0.416. The summed E-state index contributed by atoms with van der Waals surface area (Å²) in [7, 11) is -3.83. The molecule has 0 saturated carbocycles. The molecule has 2 N–H and O–H groups in total. The average molecular weight is 458 g/mol. The molecule has 4 rings (SSSR count). The predicted octanol–water partition coefficient (Wildman–Crippen LogP) is 2.56. The van der Waals surface area contributed by atoms with E-state index in [9.17, 15) is 18.0 Å². The van der Waals surface area contributed by atoms with E-state index in [1.54, 1.807) is 36.4 Å². The molecule has 0 fully saturated rings. The van der Waals surface area contributed by atoms with E-state index in [1.807, 2.05) is 6.92 Å². The molecule has 0 spiro atoms. The van der Waals surface area contributed by atoms with Crippen molar-refractivity contribution in [2.45, 2.75) is 23.4 Å². The molecule has 0 atom stereocenters. The fraction of sp³-hybridized carbons (Fsp3) is 0.200. The van der Waals surface area contributed by atoms with Crippen LogP contribution < -0.4 is 4.72 Å². The maximum Gasteiger partial charge on any atom is 0.264 e. The Labute approximate surface area is 183 Å². The molecule has 160 valence electrons. The van der Waals surface area contributed by atoms with Crippen LogP contribution in [-0.2, 0) is 16.4 Å². The number of nitrogens with one attached hydrogen (secondary N) is 2. The Hall–Kier alpha value is -3.18. The lowest BCUT2D eigenvalue weighted by Crippen LogP contribution is -2.31. The second kappa shape index (κ2) is 8.52. The number of carbonyl (C=O) groups excluding carboxylic acids is 2. The van der Waals surface area contributed by atoms with Crippen LogP contribution in [0.3, 0.4) is 0 Å². The van der Waals surface area contributed by atoms with Crippen molar-refractivity contribution in [3.63, 3.8) is 0 Å². The highest BCUT2D eigenvalue weighted by atomic mass is 32.2. The van der Waals surface area contributed by atoms with Gasteiger partial charge in [-0.15, -0.1) is 5.10 Å². The first-order valence-electron chi connectivity index (χ1n) is 9.51. The molecule has 2 amide bonds. The number of aromatic amines is 1. The van der Waals surface area contributed by atoms with Crippen LogP contribution >= 0.6 is 11.8 Å². The Morgan fingerprint density at radius 2 is 1.68 bits per heavy atom. The summed E-state index contributed by atoms with van der Waals surface area (Å²) in [5, 5.41) is 6.94. The largest absolute Gasteiger partial charge is 0.274 e. The number of hydrogen-bond acceptors (Lipinski definition) is 7. The standard InChI is InChI=1S/C20H19N5O4S2/c1-2-30-20-21-19(22-23-20)24-31(28,29)14-9-7-13(8-10-14)11-12-25-17(26)15-5-3-4-6-16(15)18(25)27/h3-10H,2,11-12H2,1H3,(H2,21,22,23,24). The molecule has 0 saturated heterocycles. The van der Waals surface area contributed by atoms with Gasteiger partial charge < -0.3 is 0 Å². The lowest BCUT2D eigenvalue weighted by Gasteiger charge is -2.14. The van der Waals surface area contributed by atoms with Gasteiger partial charge in [0, 0.05) is 6.54 Å². The molecule has 2 aromatic carbocycles. The van der Waals surface area contributed by atoms with E-state index in [2.05, 4.69) is 19.9 Å². The van der Waals surface area contributed by atoms with Gasteiger partial charge in [-0.3, -0.25) is 14.5 Å². The van der Waals surface area contributed by atoms with Crippen molar-refractivity contribution >= 4 is 39.5 Å². The Morgan fingerprint density at radius 3 is 2.29 bits per heavy atom. The summed E-state index contributed by atoms with van der Waals surface area (Å²) >= 11 is 1.39. The van der Waals surface area contributed by atoms with Crippen molar-refractivity contribution in [2.75, 3.05) is 17.0 Å². The number of H-pyrrole nitrogens is 1. The van der Waals surface area contributed by atoms with E-state index in [-0.39, 0.29) is 29.2 Å². The number of rotatable bonds is 8.